The second-order valence-electron chi connectivity index (χ2n) is 5.42. The van der Waals surface area contributed by atoms with Crippen LogP contribution in [0.3, 0.4) is 0 Å². The Kier molecular flexibility index (Phi) is 3.93. The van der Waals surface area contributed by atoms with Crippen LogP contribution < -0.4 is 0 Å². The molecule has 1 aromatic heterocycles. The number of nitrogens with zero attached hydrogens (tertiary/aromatic N) is 1. The maximum absolute atomic E-state index is 11.5. The van der Waals surface area contributed by atoms with Crippen LogP contribution in [0.5, 0.6) is 0 Å². The minimum atomic E-state index is -1.06. The van der Waals surface area contributed by atoms with E-state index in [0.29, 0.717) is 26.5 Å². The highest BCUT2D eigenvalue weighted by Crippen LogP contribution is 2.35. The Labute approximate surface area is 129 Å². The monoisotopic (exact) mass is 357 g/mol. The van der Waals surface area contributed by atoms with Gasteiger partial charge in [0.15, 0.2) is 5.76 Å². The minimum Gasteiger partial charge on any atom is -0.477 e. The van der Waals surface area contributed by atoms with Gasteiger partial charge < -0.3 is 9.63 Å². The number of aromatic carboxylic acids is 1. The average Bonchev–Trinajstić information content (AvgIpc) is 2.77. The van der Waals surface area contributed by atoms with E-state index in [1.165, 1.54) is 0 Å². The number of carboxylic acids is 1. The first-order valence-electron chi connectivity index (χ1n) is 5.90. The summed E-state index contributed by atoms with van der Waals surface area (Å²) in [5.74, 6) is -0.705. The van der Waals surface area contributed by atoms with E-state index in [1.54, 1.807) is 18.2 Å². The fourth-order valence-corrected chi connectivity index (χ4v) is 2.34. The molecule has 0 amide bonds. The van der Waals surface area contributed by atoms with Gasteiger partial charge in [0.2, 0.25) is 0 Å². The molecule has 1 N–H and O–H groups in total. The smallest absolute Gasteiger partial charge is 0.341 e. The molecule has 0 saturated carbocycles. The Hall–Kier alpha value is -1.33. The van der Waals surface area contributed by atoms with Crippen LogP contribution in [-0.4, -0.2) is 16.2 Å². The van der Waals surface area contributed by atoms with Crippen LogP contribution in [0.15, 0.2) is 27.2 Å². The van der Waals surface area contributed by atoms with Crippen molar-refractivity contribution in [2.24, 2.45) is 0 Å². The largest absolute Gasteiger partial charge is 0.477 e. The minimum absolute atomic E-state index is 0.0896. The quantitative estimate of drug-likeness (QED) is 0.841. The fraction of sp³-hybridized carbons (Fsp3) is 0.286. The molecule has 106 valence electrons. The number of carbonyl (C=O) groups is 1. The van der Waals surface area contributed by atoms with Crippen molar-refractivity contribution < 1.29 is 14.4 Å². The van der Waals surface area contributed by atoms with E-state index in [2.05, 4.69) is 21.1 Å². The molecule has 0 unspecified atom stereocenters. The molecule has 6 heteroatoms. The molecule has 0 bridgehead atoms. The van der Waals surface area contributed by atoms with E-state index >= 15 is 0 Å². The molecule has 0 aliphatic rings. The number of halogens is 2. The third-order valence-corrected chi connectivity index (χ3v) is 3.99. The van der Waals surface area contributed by atoms with Crippen LogP contribution in [0.4, 0.5) is 0 Å². The zero-order valence-corrected chi connectivity index (χ0v) is 13.5. The normalized spacial score (nSPS) is 11.7. The second-order valence-corrected chi connectivity index (χ2v) is 6.68. The molecule has 20 heavy (non-hydrogen) atoms. The van der Waals surface area contributed by atoms with Crippen molar-refractivity contribution in [3.63, 3.8) is 0 Å². The molecule has 1 aromatic carbocycles. The third kappa shape index (κ3) is 2.74. The summed E-state index contributed by atoms with van der Waals surface area (Å²) < 4.78 is 5.94. The van der Waals surface area contributed by atoms with Gasteiger partial charge in [0.05, 0.1) is 5.02 Å². The predicted molar refractivity (Wildman–Crippen MR) is 80.3 cm³/mol. The standard InChI is InChI=1S/C14H13BrClNO3/c1-14(2,3)12-10(13(18)19)11(17-20-12)7-4-5-9(16)8(15)6-7/h4-6H,1-3H3,(H,18,19). The Morgan fingerprint density at radius 2 is 2.05 bits per heavy atom. The van der Waals surface area contributed by atoms with Crippen molar-refractivity contribution >= 4 is 33.5 Å². The van der Waals surface area contributed by atoms with Crippen LogP contribution >= 0.6 is 27.5 Å². The number of carboxylic acid groups (broad SMARTS) is 1. The lowest BCUT2D eigenvalue weighted by Crippen LogP contribution is -2.15. The summed E-state index contributed by atoms with van der Waals surface area (Å²) >= 11 is 9.25. The lowest BCUT2D eigenvalue weighted by Gasteiger charge is -2.14. The second kappa shape index (κ2) is 5.22. The summed E-state index contributed by atoms with van der Waals surface area (Å²) in [4.78, 5) is 11.5. The molecule has 2 aromatic rings. The topological polar surface area (TPSA) is 63.3 Å². The van der Waals surface area contributed by atoms with E-state index in [0.717, 1.165) is 0 Å². The fourth-order valence-electron chi connectivity index (χ4n) is 1.84. The van der Waals surface area contributed by atoms with Crippen molar-refractivity contribution in [3.8, 4) is 11.3 Å². The summed E-state index contributed by atoms with van der Waals surface area (Å²) in [6.45, 7) is 5.63. The highest BCUT2D eigenvalue weighted by atomic mass is 79.9. The molecule has 0 saturated heterocycles. The summed E-state index contributed by atoms with van der Waals surface area (Å²) in [6.07, 6.45) is 0. The van der Waals surface area contributed by atoms with Crippen molar-refractivity contribution in [3.05, 3.63) is 39.0 Å². The first-order chi connectivity index (χ1) is 9.21. The van der Waals surface area contributed by atoms with Gasteiger partial charge in [-0.15, -0.1) is 0 Å². The van der Waals surface area contributed by atoms with Gasteiger partial charge in [0.1, 0.15) is 11.3 Å². The summed E-state index contributed by atoms with van der Waals surface area (Å²) in [5, 5.41) is 13.9. The number of benzene rings is 1. The summed E-state index contributed by atoms with van der Waals surface area (Å²) in [5.41, 5.74) is 0.590. The first-order valence-corrected chi connectivity index (χ1v) is 7.07. The number of aromatic nitrogens is 1. The molecule has 0 spiro atoms. The first kappa shape index (κ1) is 15.1. The van der Waals surface area contributed by atoms with Crippen LogP contribution in [0.2, 0.25) is 5.02 Å². The van der Waals surface area contributed by atoms with Gasteiger partial charge in [-0.25, -0.2) is 4.79 Å². The van der Waals surface area contributed by atoms with Gasteiger partial charge >= 0.3 is 5.97 Å². The maximum atomic E-state index is 11.5. The number of rotatable bonds is 2. The molecule has 4 nitrogen and oxygen atoms in total. The van der Waals surface area contributed by atoms with Crippen molar-refractivity contribution in [2.45, 2.75) is 26.2 Å². The van der Waals surface area contributed by atoms with E-state index in [1.807, 2.05) is 20.8 Å². The molecule has 0 atom stereocenters. The molecular formula is C14H13BrClNO3. The lowest BCUT2D eigenvalue weighted by molar-refractivity contribution is 0.0693. The number of hydrogen-bond acceptors (Lipinski definition) is 3. The third-order valence-electron chi connectivity index (χ3n) is 2.78. The van der Waals surface area contributed by atoms with Crippen molar-refractivity contribution in [1.29, 1.82) is 0 Å². The Balaban J connectivity index is 2.66. The van der Waals surface area contributed by atoms with Crippen LogP contribution in [-0.2, 0) is 5.41 Å². The summed E-state index contributed by atoms with van der Waals surface area (Å²) in [7, 11) is 0. The van der Waals surface area contributed by atoms with Gasteiger partial charge in [-0.05, 0) is 28.1 Å². The van der Waals surface area contributed by atoms with E-state index in [-0.39, 0.29) is 5.56 Å². The molecule has 0 radical (unpaired) electrons. The van der Waals surface area contributed by atoms with Gasteiger partial charge in [0, 0.05) is 15.5 Å². The zero-order valence-electron chi connectivity index (χ0n) is 11.2. The molecule has 2 rings (SSSR count). The van der Waals surface area contributed by atoms with Crippen molar-refractivity contribution in [1.82, 2.24) is 5.16 Å². The molecule has 0 fully saturated rings. The van der Waals surface area contributed by atoms with Gasteiger partial charge in [0.25, 0.3) is 0 Å². The van der Waals surface area contributed by atoms with Crippen LogP contribution in [0, 0.1) is 0 Å². The maximum Gasteiger partial charge on any atom is 0.341 e. The van der Waals surface area contributed by atoms with Crippen LogP contribution in [0.1, 0.15) is 36.9 Å². The Morgan fingerprint density at radius 1 is 1.40 bits per heavy atom. The average molecular weight is 359 g/mol. The van der Waals surface area contributed by atoms with E-state index in [9.17, 15) is 9.90 Å². The van der Waals surface area contributed by atoms with Gasteiger partial charge in [-0.1, -0.05) is 43.6 Å². The zero-order chi connectivity index (χ0) is 15.1. The molecular weight excluding hydrogens is 346 g/mol. The van der Waals surface area contributed by atoms with E-state index in [4.69, 9.17) is 16.1 Å². The molecule has 0 aliphatic carbocycles. The number of hydrogen-bond donors (Lipinski definition) is 1. The van der Waals surface area contributed by atoms with E-state index < -0.39 is 11.4 Å². The summed E-state index contributed by atoms with van der Waals surface area (Å²) in [6, 6.07) is 5.11. The Morgan fingerprint density at radius 3 is 2.55 bits per heavy atom. The highest BCUT2D eigenvalue weighted by Gasteiger charge is 2.31. The highest BCUT2D eigenvalue weighted by molar-refractivity contribution is 9.10. The molecule has 1 heterocycles. The SMILES string of the molecule is CC(C)(C)c1onc(-c2ccc(Cl)c(Br)c2)c1C(=O)O. The van der Waals surface area contributed by atoms with Gasteiger partial charge in [-0.2, -0.15) is 0 Å². The molecule has 0 aliphatic heterocycles. The lowest BCUT2D eigenvalue weighted by atomic mass is 9.89. The Bertz CT molecular complexity index is 674. The van der Waals surface area contributed by atoms with Crippen LogP contribution in [0.25, 0.3) is 11.3 Å². The van der Waals surface area contributed by atoms with Crippen molar-refractivity contribution in [2.75, 3.05) is 0 Å². The predicted octanol–water partition coefficient (Wildman–Crippen LogP) is 4.75. The van der Waals surface area contributed by atoms with Gasteiger partial charge in [-0.3, -0.25) is 0 Å².